The second-order valence-electron chi connectivity index (χ2n) is 6.07. The number of ether oxygens (including phenoxy) is 2. The summed E-state index contributed by atoms with van der Waals surface area (Å²) in [7, 11) is 0. The van der Waals surface area contributed by atoms with Crippen molar-refractivity contribution in [2.75, 3.05) is 13.2 Å². The Balaban J connectivity index is 2.27. The molecule has 9 nitrogen and oxygen atoms in total. The van der Waals surface area contributed by atoms with Gasteiger partial charge in [0.1, 0.15) is 6.04 Å². The van der Waals surface area contributed by atoms with Gasteiger partial charge in [0.15, 0.2) is 0 Å². The number of pyridine rings is 1. The van der Waals surface area contributed by atoms with Gasteiger partial charge in [0, 0.05) is 11.6 Å². The maximum Gasteiger partial charge on any atom is 0.327 e. The number of amides is 1. The second kappa shape index (κ2) is 10.2. The molecule has 2 atom stereocenters. The highest BCUT2D eigenvalue weighted by atomic mass is 16.5. The lowest BCUT2D eigenvalue weighted by molar-refractivity contribution is -0.159. The number of nitrogens with one attached hydrogen (secondary N) is 1. The molecule has 1 aromatic heterocycles. The number of nitrogens with zero attached hydrogens (tertiary/aromatic N) is 1. The second-order valence-corrected chi connectivity index (χ2v) is 6.07. The Kier molecular flexibility index (Phi) is 7.64. The van der Waals surface area contributed by atoms with E-state index in [1.165, 1.54) is 6.20 Å². The van der Waals surface area contributed by atoms with Crippen LogP contribution in [0.15, 0.2) is 36.5 Å². The summed E-state index contributed by atoms with van der Waals surface area (Å²) in [6.07, 6.45) is 0.765. The molecule has 0 aliphatic carbocycles. The fourth-order valence-corrected chi connectivity index (χ4v) is 2.74. The number of carboxylic acids is 1. The Morgan fingerprint density at radius 2 is 1.79 bits per heavy atom. The lowest BCUT2D eigenvalue weighted by Crippen LogP contribution is -2.49. The summed E-state index contributed by atoms with van der Waals surface area (Å²) in [4.78, 5) is 52.7. The molecule has 1 aromatic carbocycles. The van der Waals surface area contributed by atoms with Crippen LogP contribution in [0.1, 0.15) is 30.6 Å². The number of rotatable bonds is 9. The number of carbonyl (C=O) groups excluding carboxylic acids is 3. The first-order valence-electron chi connectivity index (χ1n) is 9.08. The molecule has 2 rings (SSSR count). The van der Waals surface area contributed by atoms with Crippen LogP contribution in [-0.4, -0.2) is 53.2 Å². The summed E-state index contributed by atoms with van der Waals surface area (Å²) < 4.78 is 9.69. The third-order valence-electron chi connectivity index (χ3n) is 4.09. The van der Waals surface area contributed by atoms with Crippen molar-refractivity contribution in [1.29, 1.82) is 0 Å². The van der Waals surface area contributed by atoms with E-state index in [4.69, 9.17) is 9.47 Å². The van der Waals surface area contributed by atoms with Crippen LogP contribution in [0.4, 0.5) is 0 Å². The molecule has 0 aliphatic rings. The van der Waals surface area contributed by atoms with E-state index < -0.39 is 42.2 Å². The monoisotopic (exact) mass is 402 g/mol. The van der Waals surface area contributed by atoms with Gasteiger partial charge in [0.2, 0.25) is 0 Å². The van der Waals surface area contributed by atoms with Crippen molar-refractivity contribution >= 4 is 34.7 Å². The number of esters is 2. The molecule has 0 radical (unpaired) electrons. The highest BCUT2D eigenvalue weighted by molar-refractivity contribution is 6.00. The van der Waals surface area contributed by atoms with Crippen molar-refractivity contribution in [2.45, 2.75) is 26.3 Å². The molecule has 0 bridgehead atoms. The predicted molar refractivity (Wildman–Crippen MR) is 102 cm³/mol. The van der Waals surface area contributed by atoms with Crippen LogP contribution in [0.5, 0.6) is 0 Å². The molecule has 154 valence electrons. The quantitative estimate of drug-likeness (QED) is 0.604. The van der Waals surface area contributed by atoms with Gasteiger partial charge in [-0.25, -0.2) is 4.79 Å². The Hall–Kier alpha value is -3.49. The molecule has 0 unspecified atom stereocenters. The maximum absolute atomic E-state index is 12.6. The summed E-state index contributed by atoms with van der Waals surface area (Å²) in [5.74, 6) is -5.34. The third-order valence-corrected chi connectivity index (χ3v) is 4.09. The summed E-state index contributed by atoms with van der Waals surface area (Å²) >= 11 is 0. The van der Waals surface area contributed by atoms with Gasteiger partial charge >= 0.3 is 17.9 Å². The maximum atomic E-state index is 12.6. The zero-order valence-corrected chi connectivity index (χ0v) is 16.1. The van der Waals surface area contributed by atoms with Crippen molar-refractivity contribution < 1.29 is 33.8 Å². The van der Waals surface area contributed by atoms with Gasteiger partial charge in [-0.2, -0.15) is 0 Å². The van der Waals surface area contributed by atoms with Crippen LogP contribution < -0.4 is 5.32 Å². The molecule has 0 spiro atoms. The Bertz CT molecular complexity index is 913. The first-order chi connectivity index (χ1) is 13.9. The van der Waals surface area contributed by atoms with Crippen LogP contribution in [0.2, 0.25) is 0 Å². The number of carbonyl (C=O) groups is 4. The molecular weight excluding hydrogens is 380 g/mol. The third kappa shape index (κ3) is 5.74. The normalized spacial score (nSPS) is 12.6. The molecule has 0 aliphatic heterocycles. The van der Waals surface area contributed by atoms with Crippen molar-refractivity contribution in [3.63, 3.8) is 0 Å². The predicted octanol–water partition coefficient (Wildman–Crippen LogP) is 1.55. The lowest BCUT2D eigenvalue weighted by Gasteiger charge is -2.22. The number of hydrogen-bond donors (Lipinski definition) is 2. The summed E-state index contributed by atoms with van der Waals surface area (Å²) in [5, 5.41) is 12.6. The number of hydrogen-bond acceptors (Lipinski definition) is 7. The summed E-state index contributed by atoms with van der Waals surface area (Å²) in [6.45, 7) is 3.20. The van der Waals surface area contributed by atoms with Crippen LogP contribution in [0.3, 0.4) is 0 Å². The highest BCUT2D eigenvalue weighted by Gasteiger charge is 2.38. The van der Waals surface area contributed by atoms with Gasteiger partial charge in [0.25, 0.3) is 5.91 Å². The molecule has 0 saturated heterocycles. The smallest absolute Gasteiger partial charge is 0.327 e. The van der Waals surface area contributed by atoms with E-state index >= 15 is 0 Å². The van der Waals surface area contributed by atoms with Crippen molar-refractivity contribution in [1.82, 2.24) is 10.3 Å². The van der Waals surface area contributed by atoms with Crippen LogP contribution in [0.25, 0.3) is 10.9 Å². The number of aromatic nitrogens is 1. The van der Waals surface area contributed by atoms with Gasteiger partial charge in [-0.1, -0.05) is 18.2 Å². The minimum Gasteiger partial charge on any atom is -0.480 e. The van der Waals surface area contributed by atoms with Crippen molar-refractivity contribution in [2.24, 2.45) is 5.92 Å². The van der Waals surface area contributed by atoms with E-state index in [2.05, 4.69) is 10.3 Å². The van der Waals surface area contributed by atoms with Gasteiger partial charge < -0.3 is 19.9 Å². The van der Waals surface area contributed by atoms with Crippen molar-refractivity contribution in [3.05, 3.63) is 42.1 Å². The molecule has 9 heteroatoms. The van der Waals surface area contributed by atoms with E-state index in [1.807, 2.05) is 0 Å². The molecule has 0 saturated carbocycles. The number of aliphatic carboxylic acids is 1. The fraction of sp³-hybridized carbons (Fsp3) is 0.350. The Morgan fingerprint density at radius 3 is 2.45 bits per heavy atom. The molecule has 1 heterocycles. The first kappa shape index (κ1) is 21.8. The highest BCUT2D eigenvalue weighted by Crippen LogP contribution is 2.16. The number of para-hydroxylation sites is 1. The first-order valence-corrected chi connectivity index (χ1v) is 9.08. The van der Waals surface area contributed by atoms with Gasteiger partial charge in [-0.3, -0.25) is 19.4 Å². The van der Waals surface area contributed by atoms with Crippen molar-refractivity contribution in [3.8, 4) is 0 Å². The number of fused-ring (bicyclic) bond motifs is 1. The molecule has 2 aromatic rings. The van der Waals surface area contributed by atoms with E-state index in [0.29, 0.717) is 10.9 Å². The van der Waals surface area contributed by atoms with Gasteiger partial charge in [0.05, 0.1) is 36.6 Å². The summed E-state index contributed by atoms with van der Waals surface area (Å²) in [5.41, 5.74) is 0.791. The number of benzene rings is 1. The number of carboxylic acid groups (broad SMARTS) is 1. The molecule has 29 heavy (non-hydrogen) atoms. The summed E-state index contributed by atoms with van der Waals surface area (Å²) in [6, 6.07) is 6.98. The van der Waals surface area contributed by atoms with Crippen LogP contribution in [0, 0.1) is 5.92 Å². The topological polar surface area (TPSA) is 132 Å². The lowest BCUT2D eigenvalue weighted by atomic mass is 9.95. The minimum absolute atomic E-state index is 0.00691. The van der Waals surface area contributed by atoms with Crippen LogP contribution >= 0.6 is 0 Å². The zero-order chi connectivity index (χ0) is 21.4. The largest absolute Gasteiger partial charge is 0.480 e. The standard InChI is InChI=1S/C20H22N2O7/c1-3-28-16(23)10-14(20(27)29-4-2)17(19(25)26)22-18(24)13-9-12-7-5-6-8-15(12)21-11-13/h5-9,11,14,17H,3-4,10H2,1-2H3,(H,22,24)(H,25,26)/t14-,17-/m0/s1. The van der Waals surface area contributed by atoms with E-state index in [0.717, 1.165) is 0 Å². The van der Waals surface area contributed by atoms with Gasteiger partial charge in [-0.15, -0.1) is 0 Å². The molecule has 0 fully saturated rings. The molecular formula is C20H22N2O7. The Labute approximate surface area is 167 Å². The van der Waals surface area contributed by atoms with E-state index in [1.54, 1.807) is 44.2 Å². The average molecular weight is 402 g/mol. The SMILES string of the molecule is CCOC(=O)C[C@H](C(=O)OCC)[C@H](NC(=O)c1cnc2ccccc2c1)C(=O)O. The average Bonchev–Trinajstić information content (AvgIpc) is 2.70. The van der Waals surface area contributed by atoms with E-state index in [9.17, 15) is 24.3 Å². The minimum atomic E-state index is -1.68. The van der Waals surface area contributed by atoms with Gasteiger partial charge in [-0.05, 0) is 26.0 Å². The van der Waals surface area contributed by atoms with E-state index in [-0.39, 0.29) is 18.8 Å². The molecule has 2 N–H and O–H groups in total. The van der Waals surface area contributed by atoms with Crippen LogP contribution in [-0.2, 0) is 23.9 Å². The zero-order valence-electron chi connectivity index (χ0n) is 16.1. The fourth-order valence-electron chi connectivity index (χ4n) is 2.74. The Morgan fingerprint density at radius 1 is 1.10 bits per heavy atom. The molecule has 1 amide bonds.